The van der Waals surface area contributed by atoms with E-state index in [1.807, 2.05) is 0 Å². The van der Waals surface area contributed by atoms with Crippen LogP contribution < -0.4 is 0 Å². The topological polar surface area (TPSA) is 12.5 Å². The van der Waals surface area contributed by atoms with Crippen molar-refractivity contribution in [1.82, 2.24) is 4.90 Å². The van der Waals surface area contributed by atoms with E-state index in [1.165, 1.54) is 23.1 Å². The van der Waals surface area contributed by atoms with Crippen LogP contribution in [0.25, 0.3) is 0 Å². The Hall–Kier alpha value is -1.64. The summed E-state index contributed by atoms with van der Waals surface area (Å²) in [4.78, 5) is 2.53. The van der Waals surface area contributed by atoms with Gasteiger partial charge in [-0.05, 0) is 49.0 Å². The molecule has 0 heterocycles. The molecule has 1 atom stereocenters. The molecular weight excluding hydrogens is 306 g/mol. The summed E-state index contributed by atoms with van der Waals surface area (Å²) in [7, 11) is 0. The number of hydrogen-bond acceptors (Lipinski definition) is 2. The smallest absolute Gasteiger partial charge is 0.0717 e. The molecule has 0 aliphatic rings. The van der Waals surface area contributed by atoms with Crippen LogP contribution in [0.5, 0.6) is 0 Å². The normalized spacial score (nSPS) is 12.5. The fourth-order valence-corrected chi connectivity index (χ4v) is 3.27. The molecule has 0 N–H and O–H groups in total. The molecule has 0 aromatic heterocycles. The SMILES string of the molecule is CCCN(CC)[C@H](CC)COCc1ccc(Cc2ccccc2)cc1. The molecule has 0 aliphatic carbocycles. The molecule has 0 aliphatic heterocycles. The van der Waals surface area contributed by atoms with Gasteiger partial charge in [0, 0.05) is 6.04 Å². The van der Waals surface area contributed by atoms with Crippen molar-refractivity contribution in [2.45, 2.75) is 52.7 Å². The van der Waals surface area contributed by atoms with E-state index in [0.717, 1.165) is 32.5 Å². The first-order valence-corrected chi connectivity index (χ1v) is 9.70. The van der Waals surface area contributed by atoms with Crippen molar-refractivity contribution >= 4 is 0 Å². The fraction of sp³-hybridized carbons (Fsp3) is 0.478. The van der Waals surface area contributed by atoms with E-state index >= 15 is 0 Å². The van der Waals surface area contributed by atoms with Gasteiger partial charge in [0.1, 0.15) is 0 Å². The molecule has 0 unspecified atom stereocenters. The summed E-state index contributed by atoms with van der Waals surface area (Å²) < 4.78 is 6.02. The number of nitrogens with zero attached hydrogens (tertiary/aromatic N) is 1. The van der Waals surface area contributed by atoms with Crippen molar-refractivity contribution in [3.8, 4) is 0 Å². The van der Waals surface area contributed by atoms with E-state index < -0.39 is 0 Å². The van der Waals surface area contributed by atoms with Crippen molar-refractivity contribution < 1.29 is 4.74 Å². The molecule has 136 valence electrons. The van der Waals surface area contributed by atoms with Gasteiger partial charge in [0.25, 0.3) is 0 Å². The van der Waals surface area contributed by atoms with Gasteiger partial charge in [0.2, 0.25) is 0 Å². The lowest BCUT2D eigenvalue weighted by Gasteiger charge is -2.29. The minimum Gasteiger partial charge on any atom is -0.375 e. The highest BCUT2D eigenvalue weighted by Gasteiger charge is 2.14. The monoisotopic (exact) mass is 339 g/mol. The second-order valence-corrected chi connectivity index (χ2v) is 6.68. The Morgan fingerprint density at radius 1 is 0.840 bits per heavy atom. The van der Waals surface area contributed by atoms with Gasteiger partial charge in [-0.3, -0.25) is 4.90 Å². The standard InChI is InChI=1S/C23H33NO/c1-4-16-24(6-3)23(5-2)19-25-18-22-14-12-21(13-15-22)17-20-10-8-7-9-11-20/h7-15,23H,4-6,16-19H2,1-3H3/t23-/m1/s1. The van der Waals surface area contributed by atoms with Crippen LogP contribution in [0, 0.1) is 0 Å². The largest absolute Gasteiger partial charge is 0.375 e. The lowest BCUT2D eigenvalue weighted by Crippen LogP contribution is -2.38. The van der Waals surface area contributed by atoms with Gasteiger partial charge in [0.15, 0.2) is 0 Å². The molecule has 2 nitrogen and oxygen atoms in total. The van der Waals surface area contributed by atoms with E-state index in [0.29, 0.717) is 12.6 Å². The molecule has 0 fully saturated rings. The highest BCUT2D eigenvalue weighted by molar-refractivity contribution is 5.28. The Morgan fingerprint density at radius 3 is 2.08 bits per heavy atom. The van der Waals surface area contributed by atoms with Gasteiger partial charge in [-0.15, -0.1) is 0 Å². The zero-order valence-corrected chi connectivity index (χ0v) is 16.1. The first-order valence-electron chi connectivity index (χ1n) is 9.70. The van der Waals surface area contributed by atoms with Crippen LogP contribution in [0.2, 0.25) is 0 Å². The molecule has 2 rings (SSSR count). The van der Waals surface area contributed by atoms with Gasteiger partial charge in [-0.25, -0.2) is 0 Å². The molecule has 0 saturated carbocycles. The van der Waals surface area contributed by atoms with E-state index in [4.69, 9.17) is 4.74 Å². The van der Waals surface area contributed by atoms with Crippen LogP contribution in [0.1, 0.15) is 50.3 Å². The van der Waals surface area contributed by atoms with Gasteiger partial charge >= 0.3 is 0 Å². The first kappa shape index (κ1) is 19.7. The molecule has 2 heteroatoms. The average Bonchev–Trinajstić information content (AvgIpc) is 2.66. The molecule has 0 spiro atoms. The van der Waals surface area contributed by atoms with Gasteiger partial charge < -0.3 is 4.74 Å². The highest BCUT2D eigenvalue weighted by atomic mass is 16.5. The second-order valence-electron chi connectivity index (χ2n) is 6.68. The van der Waals surface area contributed by atoms with Crippen LogP contribution in [0.15, 0.2) is 54.6 Å². The van der Waals surface area contributed by atoms with Crippen LogP contribution in [-0.4, -0.2) is 30.6 Å². The molecule has 2 aromatic rings. The Labute approximate surface area is 153 Å². The average molecular weight is 340 g/mol. The number of benzene rings is 2. The summed E-state index contributed by atoms with van der Waals surface area (Å²) in [6.07, 6.45) is 3.33. The summed E-state index contributed by atoms with van der Waals surface area (Å²) in [5, 5.41) is 0. The van der Waals surface area contributed by atoms with Gasteiger partial charge in [0.05, 0.1) is 13.2 Å². The lowest BCUT2D eigenvalue weighted by molar-refractivity contribution is 0.0503. The Morgan fingerprint density at radius 2 is 1.48 bits per heavy atom. The van der Waals surface area contributed by atoms with Crippen molar-refractivity contribution in [3.05, 3.63) is 71.3 Å². The van der Waals surface area contributed by atoms with E-state index in [2.05, 4.69) is 80.3 Å². The maximum Gasteiger partial charge on any atom is 0.0717 e. The van der Waals surface area contributed by atoms with Crippen LogP contribution >= 0.6 is 0 Å². The Kier molecular flexibility index (Phi) is 8.71. The highest BCUT2D eigenvalue weighted by Crippen LogP contribution is 2.12. The number of ether oxygens (including phenoxy) is 1. The van der Waals surface area contributed by atoms with Gasteiger partial charge in [-0.2, -0.15) is 0 Å². The third-order valence-corrected chi connectivity index (χ3v) is 4.76. The predicted molar refractivity (Wildman–Crippen MR) is 107 cm³/mol. The van der Waals surface area contributed by atoms with Gasteiger partial charge in [-0.1, -0.05) is 75.4 Å². The third kappa shape index (κ3) is 6.64. The van der Waals surface area contributed by atoms with Crippen LogP contribution in [-0.2, 0) is 17.8 Å². The summed E-state index contributed by atoms with van der Waals surface area (Å²) in [5.41, 5.74) is 3.96. The quantitative estimate of drug-likeness (QED) is 0.550. The minimum absolute atomic E-state index is 0.530. The Bertz CT molecular complexity index is 579. The molecule has 0 saturated heterocycles. The van der Waals surface area contributed by atoms with Crippen molar-refractivity contribution in [1.29, 1.82) is 0 Å². The second kappa shape index (κ2) is 11.1. The lowest BCUT2D eigenvalue weighted by atomic mass is 10.0. The summed E-state index contributed by atoms with van der Waals surface area (Å²) >= 11 is 0. The zero-order valence-electron chi connectivity index (χ0n) is 16.1. The molecule has 0 bridgehead atoms. The molecule has 0 amide bonds. The number of hydrogen-bond donors (Lipinski definition) is 0. The molecule has 0 radical (unpaired) electrons. The summed E-state index contributed by atoms with van der Waals surface area (Å²) in [6.45, 7) is 10.5. The van der Waals surface area contributed by atoms with Crippen molar-refractivity contribution in [3.63, 3.8) is 0 Å². The minimum atomic E-state index is 0.530. The van der Waals surface area contributed by atoms with E-state index in [-0.39, 0.29) is 0 Å². The Balaban J connectivity index is 1.80. The predicted octanol–water partition coefficient (Wildman–Crippen LogP) is 5.30. The number of likely N-dealkylation sites (N-methyl/N-ethyl adjacent to an activating group) is 1. The van der Waals surface area contributed by atoms with Crippen molar-refractivity contribution in [2.24, 2.45) is 0 Å². The maximum absolute atomic E-state index is 6.02. The summed E-state index contributed by atoms with van der Waals surface area (Å²) in [5.74, 6) is 0. The maximum atomic E-state index is 6.02. The third-order valence-electron chi connectivity index (χ3n) is 4.76. The molecular formula is C23H33NO. The number of rotatable bonds is 11. The van der Waals surface area contributed by atoms with Crippen LogP contribution in [0.3, 0.4) is 0 Å². The molecule has 2 aromatic carbocycles. The van der Waals surface area contributed by atoms with Crippen molar-refractivity contribution in [2.75, 3.05) is 19.7 Å². The van der Waals surface area contributed by atoms with Crippen LogP contribution in [0.4, 0.5) is 0 Å². The fourth-order valence-electron chi connectivity index (χ4n) is 3.27. The van der Waals surface area contributed by atoms with E-state index in [9.17, 15) is 0 Å². The van der Waals surface area contributed by atoms with E-state index in [1.54, 1.807) is 0 Å². The summed E-state index contributed by atoms with van der Waals surface area (Å²) in [6, 6.07) is 20.0. The zero-order chi connectivity index (χ0) is 17.9. The first-order chi connectivity index (χ1) is 12.3. The molecule has 25 heavy (non-hydrogen) atoms.